The summed E-state index contributed by atoms with van der Waals surface area (Å²) in [4.78, 5) is 17.7. The van der Waals surface area contributed by atoms with Gasteiger partial charge in [-0.25, -0.2) is 4.98 Å². The number of thiazole rings is 1. The quantitative estimate of drug-likeness (QED) is 0.803. The minimum atomic E-state index is 0.00429. The zero-order valence-electron chi connectivity index (χ0n) is 11.8. The molecule has 0 saturated heterocycles. The van der Waals surface area contributed by atoms with E-state index in [9.17, 15) is 4.79 Å². The van der Waals surface area contributed by atoms with Gasteiger partial charge in [-0.2, -0.15) is 5.10 Å². The number of aromatic nitrogens is 3. The second kappa shape index (κ2) is 5.53. The van der Waals surface area contributed by atoms with Gasteiger partial charge in [-0.3, -0.25) is 9.48 Å². The number of hydrogen-bond donors (Lipinski definition) is 1. The van der Waals surface area contributed by atoms with Crippen LogP contribution in [0.2, 0.25) is 0 Å². The SMILES string of the molecule is CN(C)C(=O)Cn1cc(Nc2nc3ccccc3s2)cn1. The number of nitrogens with one attached hydrogen (secondary N) is 1. The molecule has 0 unspecified atom stereocenters. The van der Waals surface area contributed by atoms with E-state index in [1.165, 1.54) is 0 Å². The smallest absolute Gasteiger partial charge is 0.243 e. The fraction of sp³-hybridized carbons (Fsp3) is 0.214. The van der Waals surface area contributed by atoms with E-state index in [1.807, 2.05) is 24.3 Å². The minimum absolute atomic E-state index is 0.00429. The van der Waals surface area contributed by atoms with Gasteiger partial charge in [0.2, 0.25) is 5.91 Å². The molecule has 0 aliphatic rings. The number of carbonyl (C=O) groups is 1. The number of para-hydroxylation sites is 1. The number of rotatable bonds is 4. The molecule has 21 heavy (non-hydrogen) atoms. The molecular formula is C14H15N5OS. The van der Waals surface area contributed by atoms with Crippen molar-refractivity contribution >= 4 is 38.3 Å². The monoisotopic (exact) mass is 301 g/mol. The lowest BCUT2D eigenvalue weighted by atomic mass is 10.3. The molecule has 0 aliphatic carbocycles. The van der Waals surface area contributed by atoms with Gasteiger partial charge < -0.3 is 10.2 Å². The van der Waals surface area contributed by atoms with Crippen molar-refractivity contribution in [2.45, 2.75) is 6.54 Å². The molecule has 0 fully saturated rings. The molecule has 2 aromatic heterocycles. The van der Waals surface area contributed by atoms with Crippen molar-refractivity contribution in [2.75, 3.05) is 19.4 Å². The zero-order chi connectivity index (χ0) is 14.8. The van der Waals surface area contributed by atoms with Crippen LogP contribution >= 0.6 is 11.3 Å². The Bertz CT molecular complexity index is 743. The topological polar surface area (TPSA) is 63.1 Å². The first-order valence-corrected chi connectivity index (χ1v) is 7.28. The second-order valence-electron chi connectivity index (χ2n) is 4.83. The molecule has 6 nitrogen and oxygen atoms in total. The summed E-state index contributed by atoms with van der Waals surface area (Å²) < 4.78 is 2.74. The highest BCUT2D eigenvalue weighted by Crippen LogP contribution is 2.27. The second-order valence-corrected chi connectivity index (χ2v) is 5.86. The van der Waals surface area contributed by atoms with Gasteiger partial charge in [-0.1, -0.05) is 23.5 Å². The molecule has 1 amide bonds. The molecule has 0 saturated carbocycles. The van der Waals surface area contributed by atoms with E-state index >= 15 is 0 Å². The van der Waals surface area contributed by atoms with Gasteiger partial charge >= 0.3 is 0 Å². The predicted octanol–water partition coefficient (Wildman–Crippen LogP) is 2.32. The van der Waals surface area contributed by atoms with Gasteiger partial charge in [0.15, 0.2) is 5.13 Å². The molecule has 0 bridgehead atoms. The highest BCUT2D eigenvalue weighted by molar-refractivity contribution is 7.22. The molecule has 1 N–H and O–H groups in total. The molecule has 2 heterocycles. The Kier molecular flexibility index (Phi) is 3.57. The van der Waals surface area contributed by atoms with Crippen LogP contribution in [0.5, 0.6) is 0 Å². The van der Waals surface area contributed by atoms with Crippen molar-refractivity contribution in [2.24, 2.45) is 0 Å². The minimum Gasteiger partial charge on any atom is -0.347 e. The third-order valence-corrected chi connectivity index (χ3v) is 3.93. The van der Waals surface area contributed by atoms with Crippen molar-refractivity contribution in [1.29, 1.82) is 0 Å². The normalized spacial score (nSPS) is 10.8. The van der Waals surface area contributed by atoms with Gasteiger partial charge in [0.1, 0.15) is 6.54 Å². The number of hydrogen-bond acceptors (Lipinski definition) is 5. The Hall–Kier alpha value is -2.41. The molecule has 108 valence electrons. The average Bonchev–Trinajstić information content (AvgIpc) is 3.05. The molecule has 0 spiro atoms. The highest BCUT2D eigenvalue weighted by Gasteiger charge is 2.08. The molecular weight excluding hydrogens is 286 g/mol. The molecule has 3 aromatic rings. The number of benzene rings is 1. The van der Waals surface area contributed by atoms with Crippen molar-refractivity contribution < 1.29 is 4.79 Å². The Morgan fingerprint density at radius 3 is 2.95 bits per heavy atom. The Morgan fingerprint density at radius 2 is 2.19 bits per heavy atom. The van der Waals surface area contributed by atoms with Crippen molar-refractivity contribution in [3.8, 4) is 0 Å². The van der Waals surface area contributed by atoms with Crippen LogP contribution in [0.4, 0.5) is 10.8 Å². The summed E-state index contributed by atoms with van der Waals surface area (Å²) >= 11 is 1.59. The highest BCUT2D eigenvalue weighted by atomic mass is 32.1. The number of nitrogens with zero attached hydrogens (tertiary/aromatic N) is 4. The van der Waals surface area contributed by atoms with Crippen LogP contribution in [0.15, 0.2) is 36.7 Å². The molecule has 1 aromatic carbocycles. The van der Waals surface area contributed by atoms with Crippen LogP contribution in [0.3, 0.4) is 0 Å². The van der Waals surface area contributed by atoms with Gasteiger partial charge in [0.25, 0.3) is 0 Å². The molecule has 0 atom stereocenters. The maximum Gasteiger partial charge on any atom is 0.243 e. The third kappa shape index (κ3) is 3.03. The van der Waals surface area contributed by atoms with Crippen LogP contribution in [-0.2, 0) is 11.3 Å². The lowest BCUT2D eigenvalue weighted by molar-refractivity contribution is -0.129. The number of amides is 1. The van der Waals surface area contributed by atoms with E-state index in [1.54, 1.807) is 47.4 Å². The van der Waals surface area contributed by atoms with Crippen LogP contribution in [0, 0.1) is 0 Å². The van der Waals surface area contributed by atoms with Crippen molar-refractivity contribution in [1.82, 2.24) is 19.7 Å². The zero-order valence-corrected chi connectivity index (χ0v) is 12.6. The molecule has 0 aliphatic heterocycles. The number of likely N-dealkylation sites (N-methyl/N-ethyl adjacent to an activating group) is 1. The standard InChI is InChI=1S/C14H15N5OS/c1-18(2)13(20)9-19-8-10(7-15-19)16-14-17-11-5-3-4-6-12(11)21-14/h3-8H,9H2,1-2H3,(H,16,17). The van der Waals surface area contributed by atoms with Crippen LogP contribution in [-0.4, -0.2) is 39.7 Å². The summed E-state index contributed by atoms with van der Waals surface area (Å²) in [6.45, 7) is 0.231. The van der Waals surface area contributed by atoms with Crippen molar-refractivity contribution in [3.63, 3.8) is 0 Å². The van der Waals surface area contributed by atoms with Gasteiger partial charge in [-0.15, -0.1) is 0 Å². The van der Waals surface area contributed by atoms with Gasteiger partial charge in [0.05, 0.1) is 22.1 Å². The number of carbonyl (C=O) groups excluding carboxylic acids is 1. The summed E-state index contributed by atoms with van der Waals surface area (Å²) in [5, 5.41) is 8.20. The number of fused-ring (bicyclic) bond motifs is 1. The largest absolute Gasteiger partial charge is 0.347 e. The maximum atomic E-state index is 11.6. The Labute approximate surface area is 126 Å². The van der Waals surface area contributed by atoms with E-state index in [2.05, 4.69) is 15.4 Å². The van der Waals surface area contributed by atoms with Gasteiger partial charge in [0, 0.05) is 20.3 Å². The van der Waals surface area contributed by atoms with Crippen LogP contribution < -0.4 is 5.32 Å². The first-order valence-electron chi connectivity index (χ1n) is 6.47. The van der Waals surface area contributed by atoms with E-state index in [-0.39, 0.29) is 12.5 Å². The Morgan fingerprint density at radius 1 is 1.38 bits per heavy atom. The maximum absolute atomic E-state index is 11.6. The lowest BCUT2D eigenvalue weighted by Crippen LogP contribution is -2.26. The van der Waals surface area contributed by atoms with Gasteiger partial charge in [-0.05, 0) is 12.1 Å². The van der Waals surface area contributed by atoms with E-state index in [0.29, 0.717) is 0 Å². The fourth-order valence-electron chi connectivity index (χ4n) is 1.84. The van der Waals surface area contributed by atoms with E-state index < -0.39 is 0 Å². The summed E-state index contributed by atoms with van der Waals surface area (Å²) in [6, 6.07) is 7.99. The van der Waals surface area contributed by atoms with Crippen LogP contribution in [0.1, 0.15) is 0 Å². The summed E-state index contributed by atoms with van der Waals surface area (Å²) in [6.07, 6.45) is 3.49. The first-order chi connectivity index (χ1) is 10.1. The third-order valence-electron chi connectivity index (χ3n) is 2.97. The van der Waals surface area contributed by atoms with Crippen molar-refractivity contribution in [3.05, 3.63) is 36.7 Å². The summed E-state index contributed by atoms with van der Waals surface area (Å²) in [5.41, 5.74) is 1.79. The molecule has 3 rings (SSSR count). The lowest BCUT2D eigenvalue weighted by Gasteiger charge is -2.09. The number of anilines is 2. The average molecular weight is 301 g/mol. The van der Waals surface area contributed by atoms with E-state index in [0.717, 1.165) is 21.0 Å². The van der Waals surface area contributed by atoms with Crippen LogP contribution in [0.25, 0.3) is 10.2 Å². The predicted molar refractivity (Wildman–Crippen MR) is 83.8 cm³/mol. The Balaban J connectivity index is 1.73. The molecule has 0 radical (unpaired) electrons. The molecule has 7 heteroatoms. The first kappa shape index (κ1) is 13.6. The fourth-order valence-corrected chi connectivity index (χ4v) is 2.73. The summed E-state index contributed by atoms with van der Waals surface area (Å²) in [5.74, 6) is 0.00429. The van der Waals surface area contributed by atoms with E-state index in [4.69, 9.17) is 0 Å². The summed E-state index contributed by atoms with van der Waals surface area (Å²) in [7, 11) is 3.46.